The van der Waals surface area contributed by atoms with E-state index in [1.165, 1.54) is 30.1 Å². The van der Waals surface area contributed by atoms with Crippen LogP contribution in [0.15, 0.2) is 28.4 Å². The van der Waals surface area contributed by atoms with Gasteiger partial charge in [-0.05, 0) is 31.0 Å². The van der Waals surface area contributed by atoms with E-state index in [0.717, 1.165) is 12.7 Å². The van der Waals surface area contributed by atoms with Crippen molar-refractivity contribution in [2.75, 3.05) is 6.26 Å². The Morgan fingerprint density at radius 2 is 2.08 bits per heavy atom. The number of ketones is 1. The van der Waals surface area contributed by atoms with Crippen molar-refractivity contribution in [2.24, 2.45) is 18.1 Å². The predicted octanol–water partition coefficient (Wildman–Crippen LogP) is 1.19. The summed E-state index contributed by atoms with van der Waals surface area (Å²) in [5, 5.41) is 17.9. The zero-order valence-corrected chi connectivity index (χ0v) is 15.2. The second-order valence-electron chi connectivity index (χ2n) is 6.68. The molecule has 136 valence electrons. The molecule has 0 radical (unpaired) electrons. The van der Waals surface area contributed by atoms with Gasteiger partial charge in [0, 0.05) is 30.3 Å². The van der Waals surface area contributed by atoms with Crippen LogP contribution >= 0.6 is 0 Å². The first-order valence-corrected chi connectivity index (χ1v) is 9.92. The van der Waals surface area contributed by atoms with Crippen molar-refractivity contribution in [3.63, 3.8) is 0 Å². The summed E-state index contributed by atoms with van der Waals surface area (Å²) >= 11 is 0. The average Bonchev–Trinajstić information content (AvgIpc) is 3.12. The van der Waals surface area contributed by atoms with Crippen molar-refractivity contribution in [1.29, 1.82) is 0 Å². The lowest BCUT2D eigenvalue weighted by Crippen LogP contribution is -2.15. The third-order valence-corrected chi connectivity index (χ3v) is 5.99. The lowest BCUT2D eigenvalue weighted by atomic mass is 9.93. The van der Waals surface area contributed by atoms with Gasteiger partial charge < -0.3 is 9.94 Å². The van der Waals surface area contributed by atoms with E-state index in [1.807, 2.05) is 0 Å². The quantitative estimate of drug-likeness (QED) is 0.804. The topological polar surface area (TPSA) is 111 Å². The van der Waals surface area contributed by atoms with Gasteiger partial charge in [0.05, 0.1) is 16.8 Å². The third-order valence-electron chi connectivity index (χ3n) is 4.85. The maximum atomic E-state index is 12.9. The Morgan fingerprint density at radius 3 is 2.58 bits per heavy atom. The Morgan fingerprint density at radius 1 is 1.35 bits per heavy atom. The minimum Gasteiger partial charge on any atom is -0.493 e. The van der Waals surface area contributed by atoms with Crippen LogP contribution in [0.3, 0.4) is 0 Å². The van der Waals surface area contributed by atoms with E-state index in [2.05, 4.69) is 10.3 Å². The fourth-order valence-corrected chi connectivity index (χ4v) is 4.24. The zero-order chi connectivity index (χ0) is 18.8. The standard InChI is InChI=1S/C17H17N3O5S/c1-8-9(16(21)11-7-18-20(2)17(11)22)4-5-13(26(3,23)24)14(8)15-10-6-12(10)25-19-15/h4-5,7,10,12,22H,6H2,1-3H3. The Kier molecular flexibility index (Phi) is 3.49. The molecule has 4 rings (SSSR count). The highest BCUT2D eigenvalue weighted by molar-refractivity contribution is 7.90. The van der Waals surface area contributed by atoms with Gasteiger partial charge in [0.25, 0.3) is 0 Å². The van der Waals surface area contributed by atoms with Gasteiger partial charge in [0.2, 0.25) is 5.88 Å². The number of nitrogens with zero attached hydrogens (tertiary/aromatic N) is 3. The Balaban J connectivity index is 1.90. The highest BCUT2D eigenvalue weighted by atomic mass is 32.2. The summed E-state index contributed by atoms with van der Waals surface area (Å²) in [5.74, 6) is -0.612. The molecule has 2 unspecified atom stereocenters. The summed E-state index contributed by atoms with van der Waals surface area (Å²) < 4.78 is 25.7. The average molecular weight is 375 g/mol. The summed E-state index contributed by atoms with van der Waals surface area (Å²) in [6.07, 6.45) is 3.20. The third kappa shape index (κ3) is 2.42. The molecule has 2 heterocycles. The fourth-order valence-electron chi connectivity index (χ4n) is 3.30. The number of hydrogen-bond acceptors (Lipinski definition) is 7. The highest BCUT2D eigenvalue weighted by Crippen LogP contribution is 2.44. The highest BCUT2D eigenvalue weighted by Gasteiger charge is 2.50. The molecular formula is C17H17N3O5S. The molecule has 1 aromatic carbocycles. The number of carbonyl (C=O) groups excluding carboxylic acids is 1. The van der Waals surface area contributed by atoms with Crippen LogP contribution in [0.1, 0.15) is 33.5 Å². The minimum absolute atomic E-state index is 0.00136. The first kappa shape index (κ1) is 16.8. The lowest BCUT2D eigenvalue weighted by Gasteiger charge is -2.14. The number of aromatic nitrogens is 2. The summed E-state index contributed by atoms with van der Waals surface area (Å²) in [6.45, 7) is 1.68. The lowest BCUT2D eigenvalue weighted by molar-refractivity contribution is 0.103. The molecule has 1 N–H and O–H groups in total. The van der Waals surface area contributed by atoms with Gasteiger partial charge in [0.15, 0.2) is 15.6 Å². The molecule has 0 bridgehead atoms. The first-order chi connectivity index (χ1) is 12.2. The molecule has 1 aromatic heterocycles. The van der Waals surface area contributed by atoms with Gasteiger partial charge in [-0.2, -0.15) is 5.10 Å². The molecule has 1 aliphatic heterocycles. The number of sulfone groups is 1. The number of benzene rings is 1. The van der Waals surface area contributed by atoms with Gasteiger partial charge in [0.1, 0.15) is 11.7 Å². The van der Waals surface area contributed by atoms with Crippen molar-refractivity contribution in [2.45, 2.75) is 24.3 Å². The van der Waals surface area contributed by atoms with Crippen molar-refractivity contribution in [1.82, 2.24) is 9.78 Å². The van der Waals surface area contributed by atoms with Crippen LogP contribution in [0.25, 0.3) is 0 Å². The fraction of sp³-hybridized carbons (Fsp3) is 0.353. The summed E-state index contributed by atoms with van der Waals surface area (Å²) in [7, 11) is -2.00. The van der Waals surface area contributed by atoms with Crippen LogP contribution in [0.5, 0.6) is 5.88 Å². The van der Waals surface area contributed by atoms with Gasteiger partial charge in [-0.3, -0.25) is 4.79 Å². The number of fused-ring (bicyclic) bond motifs is 1. The van der Waals surface area contributed by atoms with Crippen LogP contribution in [-0.2, 0) is 21.7 Å². The Hall–Kier alpha value is -2.68. The normalized spacial score (nSPS) is 21.1. The van der Waals surface area contributed by atoms with Crippen LogP contribution in [0.4, 0.5) is 0 Å². The van der Waals surface area contributed by atoms with E-state index in [1.54, 1.807) is 6.92 Å². The summed E-state index contributed by atoms with van der Waals surface area (Å²) in [6, 6.07) is 2.88. The van der Waals surface area contributed by atoms with Gasteiger partial charge >= 0.3 is 0 Å². The molecule has 2 aromatic rings. The maximum absolute atomic E-state index is 12.9. The van der Waals surface area contributed by atoms with Crippen molar-refractivity contribution in [3.05, 3.63) is 40.6 Å². The molecular weight excluding hydrogens is 358 g/mol. The van der Waals surface area contributed by atoms with Crippen LogP contribution in [0.2, 0.25) is 0 Å². The maximum Gasteiger partial charge on any atom is 0.220 e. The van der Waals surface area contributed by atoms with Gasteiger partial charge in [-0.25, -0.2) is 13.1 Å². The second kappa shape index (κ2) is 5.41. The number of aryl methyl sites for hydroxylation is 1. The first-order valence-electron chi connectivity index (χ1n) is 8.03. The molecule has 1 aliphatic carbocycles. The smallest absolute Gasteiger partial charge is 0.220 e. The van der Waals surface area contributed by atoms with E-state index in [-0.39, 0.29) is 28.4 Å². The minimum atomic E-state index is -3.52. The van der Waals surface area contributed by atoms with Crippen LogP contribution in [-0.4, -0.2) is 47.2 Å². The number of oxime groups is 1. The largest absolute Gasteiger partial charge is 0.493 e. The molecule has 0 saturated heterocycles. The van der Waals surface area contributed by atoms with Crippen molar-refractivity contribution < 1.29 is 23.2 Å². The molecule has 2 aliphatic rings. The molecule has 9 heteroatoms. The van der Waals surface area contributed by atoms with Crippen molar-refractivity contribution in [3.8, 4) is 5.88 Å². The van der Waals surface area contributed by atoms with E-state index in [0.29, 0.717) is 22.4 Å². The molecule has 8 nitrogen and oxygen atoms in total. The molecule has 0 amide bonds. The predicted molar refractivity (Wildman–Crippen MR) is 92.1 cm³/mol. The number of carbonyl (C=O) groups is 1. The van der Waals surface area contributed by atoms with E-state index >= 15 is 0 Å². The SMILES string of the molecule is Cc1c(C(=O)c2cnn(C)c2O)ccc(S(C)(=O)=O)c1C1=NOC2CC12. The summed E-state index contributed by atoms with van der Waals surface area (Å²) in [4.78, 5) is 18.3. The number of hydrogen-bond donors (Lipinski definition) is 1. The number of rotatable bonds is 4. The van der Waals surface area contributed by atoms with Crippen LogP contribution < -0.4 is 0 Å². The molecule has 1 fully saturated rings. The Bertz CT molecular complexity index is 1080. The van der Waals surface area contributed by atoms with Crippen molar-refractivity contribution >= 4 is 21.3 Å². The molecule has 26 heavy (non-hydrogen) atoms. The van der Waals surface area contributed by atoms with Gasteiger partial charge in [-0.15, -0.1) is 0 Å². The van der Waals surface area contributed by atoms with Crippen LogP contribution in [0, 0.1) is 12.8 Å². The van der Waals surface area contributed by atoms with E-state index in [9.17, 15) is 18.3 Å². The molecule has 2 atom stereocenters. The van der Waals surface area contributed by atoms with E-state index < -0.39 is 15.6 Å². The monoisotopic (exact) mass is 375 g/mol. The van der Waals surface area contributed by atoms with E-state index in [4.69, 9.17) is 4.84 Å². The molecule has 1 saturated carbocycles. The summed E-state index contributed by atoms with van der Waals surface area (Å²) in [5.41, 5.74) is 1.84. The number of aromatic hydroxyl groups is 1. The Labute approximate surface area is 150 Å². The zero-order valence-electron chi connectivity index (χ0n) is 14.4. The van der Waals surface area contributed by atoms with Gasteiger partial charge in [-0.1, -0.05) is 5.16 Å². The second-order valence-corrected chi connectivity index (χ2v) is 8.66. The molecule has 0 spiro atoms.